The highest BCUT2D eigenvalue weighted by atomic mass is 32.2. The molecule has 2 aromatic carbocycles. The summed E-state index contributed by atoms with van der Waals surface area (Å²) in [6, 6.07) is 11.3. The third-order valence-electron chi connectivity index (χ3n) is 5.63. The number of rotatable bonds is 9. The summed E-state index contributed by atoms with van der Waals surface area (Å²) in [7, 11) is -2.28. The molecule has 0 aliphatic heterocycles. The zero-order valence-electron chi connectivity index (χ0n) is 18.3. The van der Waals surface area contributed by atoms with E-state index in [4.69, 9.17) is 20.6 Å². The van der Waals surface area contributed by atoms with Gasteiger partial charge in [-0.3, -0.25) is 0 Å². The van der Waals surface area contributed by atoms with Crippen molar-refractivity contribution in [3.8, 4) is 0 Å². The Hall–Kier alpha value is -3.08. The Morgan fingerprint density at radius 1 is 1.09 bits per heavy atom. The molecule has 0 fully saturated rings. The topological polar surface area (TPSA) is 126 Å². The summed E-state index contributed by atoms with van der Waals surface area (Å²) >= 11 is 0. The van der Waals surface area contributed by atoms with Crippen LogP contribution >= 0.6 is 0 Å². The number of unbranched alkanes of at least 4 members (excludes halogenated alkanes) is 1. The number of nitrogens with two attached hydrogens (primary N) is 2. The molecule has 2 aromatic heterocycles. The Labute approximate surface area is 191 Å². The van der Waals surface area contributed by atoms with Crippen LogP contribution in [0.3, 0.4) is 0 Å². The fraction of sp³-hybridized carbons (Fsp3) is 0.304. The SMILES string of the molecule is COCCc1nc2c(N)nc3ccccc3c2n1CCCCc1cc(F)ccc1S(N)(=O)=O. The zero-order valence-corrected chi connectivity index (χ0v) is 19.1. The smallest absolute Gasteiger partial charge is 0.238 e. The number of aromatic nitrogens is 3. The van der Waals surface area contributed by atoms with Crippen LogP contribution in [-0.2, 0) is 34.1 Å². The third-order valence-corrected chi connectivity index (χ3v) is 6.64. The van der Waals surface area contributed by atoms with Crippen molar-refractivity contribution >= 4 is 37.8 Å². The number of halogens is 1. The molecule has 0 saturated carbocycles. The molecule has 8 nitrogen and oxygen atoms in total. The Balaban J connectivity index is 1.63. The van der Waals surface area contributed by atoms with Gasteiger partial charge in [0.05, 0.1) is 22.5 Å². The zero-order chi connectivity index (χ0) is 23.6. The Morgan fingerprint density at radius 2 is 1.88 bits per heavy atom. The second kappa shape index (κ2) is 9.42. The van der Waals surface area contributed by atoms with Gasteiger partial charge in [0.2, 0.25) is 10.0 Å². The number of hydrogen-bond acceptors (Lipinski definition) is 6. The molecule has 33 heavy (non-hydrogen) atoms. The number of para-hydroxylation sites is 1. The predicted octanol–water partition coefficient (Wildman–Crippen LogP) is 3.17. The van der Waals surface area contributed by atoms with Gasteiger partial charge in [-0.05, 0) is 49.1 Å². The number of sulfonamides is 1. The first-order valence-corrected chi connectivity index (χ1v) is 12.2. The van der Waals surface area contributed by atoms with Gasteiger partial charge >= 0.3 is 0 Å². The summed E-state index contributed by atoms with van der Waals surface area (Å²) in [5, 5.41) is 6.25. The molecule has 4 rings (SSSR count). The maximum atomic E-state index is 13.7. The van der Waals surface area contributed by atoms with Crippen LogP contribution in [0.4, 0.5) is 10.2 Å². The molecule has 4 N–H and O–H groups in total. The first-order chi connectivity index (χ1) is 15.8. The van der Waals surface area contributed by atoms with Crippen LogP contribution in [0.2, 0.25) is 0 Å². The number of fused-ring (bicyclic) bond motifs is 3. The average molecular weight is 472 g/mol. The van der Waals surface area contributed by atoms with Crippen molar-refractivity contribution in [2.45, 2.75) is 37.1 Å². The summed E-state index contributed by atoms with van der Waals surface area (Å²) in [6.45, 7) is 1.14. The lowest BCUT2D eigenvalue weighted by Gasteiger charge is -2.12. The van der Waals surface area contributed by atoms with Gasteiger partial charge in [-0.1, -0.05) is 18.2 Å². The van der Waals surface area contributed by atoms with Crippen molar-refractivity contribution in [2.24, 2.45) is 5.14 Å². The van der Waals surface area contributed by atoms with Crippen molar-refractivity contribution in [1.29, 1.82) is 0 Å². The van der Waals surface area contributed by atoms with E-state index < -0.39 is 15.8 Å². The van der Waals surface area contributed by atoms with Gasteiger partial charge in [0, 0.05) is 25.5 Å². The Bertz CT molecular complexity index is 1420. The molecule has 0 unspecified atom stereocenters. The van der Waals surface area contributed by atoms with E-state index in [1.54, 1.807) is 7.11 Å². The number of pyridine rings is 1. The molecule has 0 spiro atoms. The van der Waals surface area contributed by atoms with Gasteiger partial charge in [0.25, 0.3) is 0 Å². The van der Waals surface area contributed by atoms with E-state index in [1.165, 1.54) is 12.1 Å². The number of hydrogen-bond donors (Lipinski definition) is 2. The monoisotopic (exact) mass is 471 g/mol. The Kier molecular flexibility index (Phi) is 6.59. The largest absolute Gasteiger partial charge is 0.384 e. The lowest BCUT2D eigenvalue weighted by atomic mass is 10.1. The second-order valence-corrected chi connectivity index (χ2v) is 9.42. The van der Waals surface area contributed by atoms with Crippen molar-refractivity contribution in [3.05, 3.63) is 59.7 Å². The molecule has 0 bridgehead atoms. The number of methoxy groups -OCH3 is 1. The molecule has 0 atom stereocenters. The fourth-order valence-corrected chi connectivity index (χ4v) is 4.92. The highest BCUT2D eigenvalue weighted by molar-refractivity contribution is 7.89. The first kappa shape index (κ1) is 23.1. The van der Waals surface area contributed by atoms with E-state index in [0.717, 1.165) is 28.3 Å². The molecule has 0 amide bonds. The fourth-order valence-electron chi connectivity index (χ4n) is 4.14. The lowest BCUT2D eigenvalue weighted by molar-refractivity contribution is 0.199. The normalized spacial score (nSPS) is 12.1. The number of benzene rings is 2. The molecule has 4 aromatic rings. The molecule has 0 saturated heterocycles. The van der Waals surface area contributed by atoms with Crippen LogP contribution in [0.1, 0.15) is 24.2 Å². The molecule has 0 radical (unpaired) electrons. The summed E-state index contributed by atoms with van der Waals surface area (Å²) < 4.78 is 44.8. The first-order valence-electron chi connectivity index (χ1n) is 10.6. The van der Waals surface area contributed by atoms with Gasteiger partial charge in [-0.2, -0.15) is 0 Å². The number of anilines is 1. The molecular formula is C23H26FN5O3S. The van der Waals surface area contributed by atoms with Crippen LogP contribution in [0, 0.1) is 5.82 Å². The van der Waals surface area contributed by atoms with Gasteiger partial charge in [0.15, 0.2) is 5.82 Å². The number of nitrogens with zero attached hydrogens (tertiary/aromatic N) is 3. The summed E-state index contributed by atoms with van der Waals surface area (Å²) in [5.74, 6) is 0.723. The maximum absolute atomic E-state index is 13.7. The highest BCUT2D eigenvalue weighted by Gasteiger charge is 2.18. The average Bonchev–Trinajstić information content (AvgIpc) is 3.14. The molecule has 2 heterocycles. The quantitative estimate of drug-likeness (QED) is 0.361. The van der Waals surface area contributed by atoms with Crippen LogP contribution in [0.15, 0.2) is 47.4 Å². The Morgan fingerprint density at radius 3 is 2.64 bits per heavy atom. The van der Waals surface area contributed by atoms with Gasteiger partial charge in [-0.25, -0.2) is 27.9 Å². The maximum Gasteiger partial charge on any atom is 0.238 e. The van der Waals surface area contributed by atoms with Crippen molar-refractivity contribution in [2.75, 3.05) is 19.5 Å². The van der Waals surface area contributed by atoms with Crippen molar-refractivity contribution < 1.29 is 17.5 Å². The molecule has 10 heteroatoms. The predicted molar refractivity (Wildman–Crippen MR) is 126 cm³/mol. The van der Waals surface area contributed by atoms with Crippen LogP contribution in [-0.4, -0.2) is 36.7 Å². The lowest BCUT2D eigenvalue weighted by Crippen LogP contribution is -2.15. The van der Waals surface area contributed by atoms with Crippen LogP contribution in [0.25, 0.3) is 21.9 Å². The minimum Gasteiger partial charge on any atom is -0.384 e. The van der Waals surface area contributed by atoms with Gasteiger partial charge in [-0.15, -0.1) is 0 Å². The summed E-state index contributed by atoms with van der Waals surface area (Å²) in [6.07, 6.45) is 2.34. The number of primary sulfonamides is 1. The van der Waals surface area contributed by atoms with Crippen LogP contribution in [0.5, 0.6) is 0 Å². The van der Waals surface area contributed by atoms with Gasteiger partial charge in [0.1, 0.15) is 17.2 Å². The van der Waals surface area contributed by atoms with E-state index in [9.17, 15) is 12.8 Å². The number of nitrogen functional groups attached to an aromatic ring is 1. The van der Waals surface area contributed by atoms with E-state index >= 15 is 0 Å². The van der Waals surface area contributed by atoms with Crippen molar-refractivity contribution in [1.82, 2.24) is 14.5 Å². The number of ether oxygens (including phenoxy) is 1. The molecule has 0 aliphatic carbocycles. The molecule has 0 aliphatic rings. The standard InChI is InChI=1S/C23H26FN5O3S/c1-32-13-11-20-28-21-22(17-7-2-3-8-18(17)27-23(21)25)29(20)12-5-4-6-15-14-16(24)9-10-19(15)33(26,30)31/h2-3,7-10,14H,4-6,11-13H2,1H3,(H2,25,27)(H2,26,30,31). The highest BCUT2D eigenvalue weighted by Crippen LogP contribution is 2.29. The third kappa shape index (κ3) is 4.82. The second-order valence-electron chi connectivity index (χ2n) is 7.89. The minimum atomic E-state index is -3.92. The number of aryl methyl sites for hydroxylation is 2. The summed E-state index contributed by atoms with van der Waals surface area (Å²) in [5.41, 5.74) is 8.96. The van der Waals surface area contributed by atoms with Gasteiger partial charge < -0.3 is 15.0 Å². The molecule has 174 valence electrons. The van der Waals surface area contributed by atoms with E-state index in [0.29, 0.717) is 55.7 Å². The van der Waals surface area contributed by atoms with Crippen molar-refractivity contribution in [3.63, 3.8) is 0 Å². The molecular weight excluding hydrogens is 445 g/mol. The van der Waals surface area contributed by atoms with E-state index in [1.807, 2.05) is 24.3 Å². The summed E-state index contributed by atoms with van der Waals surface area (Å²) in [4.78, 5) is 9.19. The minimum absolute atomic E-state index is 0.0393. The van der Waals surface area contributed by atoms with Crippen LogP contribution < -0.4 is 10.9 Å². The number of imidazole rings is 1. The van der Waals surface area contributed by atoms with E-state index in [-0.39, 0.29) is 4.90 Å². The van der Waals surface area contributed by atoms with E-state index in [2.05, 4.69) is 9.55 Å².